The van der Waals surface area contributed by atoms with E-state index in [0.717, 1.165) is 29.0 Å². The van der Waals surface area contributed by atoms with Crippen molar-refractivity contribution in [2.24, 2.45) is 0 Å². The molecule has 0 saturated carbocycles. The Morgan fingerprint density at radius 3 is 2.85 bits per heavy atom. The lowest BCUT2D eigenvalue weighted by molar-refractivity contribution is 0.577. The van der Waals surface area contributed by atoms with E-state index in [1.165, 1.54) is 0 Å². The highest BCUT2D eigenvalue weighted by Crippen LogP contribution is 2.24. The van der Waals surface area contributed by atoms with Crippen LogP contribution in [0.3, 0.4) is 0 Å². The average Bonchev–Trinajstić information content (AvgIpc) is 3.01. The third-order valence-electron chi connectivity index (χ3n) is 2.94. The third kappa shape index (κ3) is 2.63. The predicted octanol–water partition coefficient (Wildman–Crippen LogP) is 3.66. The van der Waals surface area contributed by atoms with Crippen molar-refractivity contribution in [1.82, 2.24) is 9.97 Å². The van der Waals surface area contributed by atoms with Gasteiger partial charge in [-0.05, 0) is 30.5 Å². The summed E-state index contributed by atoms with van der Waals surface area (Å²) in [5.41, 5.74) is 0.917. The summed E-state index contributed by atoms with van der Waals surface area (Å²) in [5.74, 6) is 3.19. The number of anilines is 1. The highest BCUT2D eigenvalue weighted by molar-refractivity contribution is 7.98. The highest BCUT2D eigenvalue weighted by atomic mass is 32.2. The van der Waals surface area contributed by atoms with E-state index in [0.29, 0.717) is 11.6 Å². The second-order valence-corrected chi connectivity index (χ2v) is 5.30. The number of nitrogens with zero attached hydrogens (tertiary/aromatic N) is 2. The van der Waals surface area contributed by atoms with Gasteiger partial charge in [0.2, 0.25) is 0 Å². The summed E-state index contributed by atoms with van der Waals surface area (Å²) >= 11 is 1.80. The Bertz CT molecular complexity index is 697. The molecule has 0 spiro atoms. The van der Waals surface area contributed by atoms with Gasteiger partial charge in [-0.15, -0.1) is 0 Å². The van der Waals surface area contributed by atoms with Gasteiger partial charge >= 0.3 is 0 Å². The van der Waals surface area contributed by atoms with Crippen molar-refractivity contribution < 1.29 is 4.42 Å². The minimum atomic E-state index is 0.611. The van der Waals surface area contributed by atoms with Crippen LogP contribution in [0.2, 0.25) is 0 Å². The molecule has 0 bridgehead atoms. The van der Waals surface area contributed by atoms with Crippen LogP contribution in [0.5, 0.6) is 0 Å². The minimum Gasteiger partial charge on any atom is -0.461 e. The Hall–Kier alpha value is -2.01. The number of nitrogens with one attached hydrogen (secondary N) is 1. The second-order valence-electron chi connectivity index (χ2n) is 4.31. The molecule has 4 nitrogen and oxygen atoms in total. The van der Waals surface area contributed by atoms with E-state index in [9.17, 15) is 0 Å². The molecule has 102 valence electrons. The standard InChI is InChI=1S/C15H15N3OS/c1-20-10-8-16-14-11-5-2-3-6-12(11)17-15(18-14)13-7-4-9-19-13/h2-7,9H,8,10H2,1H3,(H,16,17,18). The summed E-state index contributed by atoms with van der Waals surface area (Å²) in [6, 6.07) is 11.7. The molecule has 1 N–H and O–H groups in total. The molecule has 0 radical (unpaired) electrons. The van der Waals surface area contributed by atoms with E-state index in [1.54, 1.807) is 18.0 Å². The number of hydrogen-bond acceptors (Lipinski definition) is 5. The number of furan rings is 1. The van der Waals surface area contributed by atoms with Crippen LogP contribution in [0.4, 0.5) is 5.82 Å². The van der Waals surface area contributed by atoms with Crippen molar-refractivity contribution in [3.63, 3.8) is 0 Å². The van der Waals surface area contributed by atoms with Crippen molar-refractivity contribution in [1.29, 1.82) is 0 Å². The molecule has 5 heteroatoms. The quantitative estimate of drug-likeness (QED) is 0.725. The molecule has 1 aromatic carbocycles. The predicted molar refractivity (Wildman–Crippen MR) is 84.1 cm³/mol. The first-order valence-electron chi connectivity index (χ1n) is 6.42. The van der Waals surface area contributed by atoms with Gasteiger partial charge in [-0.3, -0.25) is 0 Å². The molecule has 0 aliphatic rings. The van der Waals surface area contributed by atoms with E-state index >= 15 is 0 Å². The van der Waals surface area contributed by atoms with Crippen LogP contribution in [-0.4, -0.2) is 28.5 Å². The maximum atomic E-state index is 5.39. The lowest BCUT2D eigenvalue weighted by Gasteiger charge is -2.09. The topological polar surface area (TPSA) is 51.0 Å². The molecule has 0 aliphatic carbocycles. The van der Waals surface area contributed by atoms with Crippen molar-refractivity contribution >= 4 is 28.5 Å². The van der Waals surface area contributed by atoms with Crippen LogP contribution in [-0.2, 0) is 0 Å². The molecule has 0 saturated heterocycles. The molecule has 0 amide bonds. The van der Waals surface area contributed by atoms with Gasteiger partial charge in [-0.2, -0.15) is 11.8 Å². The Morgan fingerprint density at radius 1 is 1.15 bits per heavy atom. The Balaban J connectivity index is 2.05. The fourth-order valence-corrected chi connectivity index (χ4v) is 2.31. The first-order valence-corrected chi connectivity index (χ1v) is 7.81. The number of thioether (sulfide) groups is 1. The smallest absolute Gasteiger partial charge is 0.198 e. The molecule has 2 aromatic heterocycles. The second kappa shape index (κ2) is 5.96. The molecular formula is C15H15N3OS. The number of para-hydroxylation sites is 1. The van der Waals surface area contributed by atoms with E-state index < -0.39 is 0 Å². The lowest BCUT2D eigenvalue weighted by Crippen LogP contribution is -2.07. The molecule has 0 fully saturated rings. The Kier molecular flexibility index (Phi) is 3.87. The summed E-state index contributed by atoms with van der Waals surface area (Å²) in [5, 5.41) is 4.41. The van der Waals surface area contributed by atoms with Crippen molar-refractivity contribution in [3.8, 4) is 11.6 Å². The molecule has 0 aliphatic heterocycles. The number of hydrogen-bond donors (Lipinski definition) is 1. The van der Waals surface area contributed by atoms with Gasteiger partial charge in [0.15, 0.2) is 11.6 Å². The van der Waals surface area contributed by atoms with Crippen LogP contribution in [0.15, 0.2) is 47.1 Å². The molecule has 3 rings (SSSR count). The Labute approximate surface area is 121 Å². The first-order chi connectivity index (χ1) is 9.88. The molecule has 0 atom stereocenters. The van der Waals surface area contributed by atoms with Crippen molar-refractivity contribution in [2.45, 2.75) is 0 Å². The maximum absolute atomic E-state index is 5.39. The normalized spacial score (nSPS) is 10.8. The zero-order chi connectivity index (χ0) is 13.8. The van der Waals surface area contributed by atoms with Crippen LogP contribution in [0, 0.1) is 0 Å². The van der Waals surface area contributed by atoms with E-state index in [2.05, 4.69) is 21.5 Å². The first kappa shape index (κ1) is 13.0. The number of benzene rings is 1. The fourth-order valence-electron chi connectivity index (χ4n) is 2.00. The van der Waals surface area contributed by atoms with Crippen LogP contribution in [0.1, 0.15) is 0 Å². The number of rotatable bonds is 5. The van der Waals surface area contributed by atoms with Crippen LogP contribution in [0.25, 0.3) is 22.5 Å². The van der Waals surface area contributed by atoms with Crippen molar-refractivity contribution in [3.05, 3.63) is 42.7 Å². The number of fused-ring (bicyclic) bond motifs is 1. The van der Waals surface area contributed by atoms with E-state index in [4.69, 9.17) is 4.42 Å². The van der Waals surface area contributed by atoms with Gasteiger partial charge in [-0.1, -0.05) is 12.1 Å². The van der Waals surface area contributed by atoms with Crippen LogP contribution >= 0.6 is 11.8 Å². The maximum Gasteiger partial charge on any atom is 0.198 e. The summed E-state index contributed by atoms with van der Waals surface area (Å²) in [4.78, 5) is 9.15. The minimum absolute atomic E-state index is 0.611. The Morgan fingerprint density at radius 2 is 2.05 bits per heavy atom. The SMILES string of the molecule is CSCCNc1nc(-c2ccco2)nc2ccccc12. The van der Waals surface area contributed by atoms with Gasteiger partial charge in [-0.25, -0.2) is 9.97 Å². The summed E-state index contributed by atoms with van der Waals surface area (Å²) < 4.78 is 5.39. The van der Waals surface area contributed by atoms with Gasteiger partial charge < -0.3 is 9.73 Å². The van der Waals surface area contributed by atoms with E-state index in [-0.39, 0.29) is 0 Å². The number of aromatic nitrogens is 2. The van der Waals surface area contributed by atoms with Gasteiger partial charge in [0.05, 0.1) is 11.8 Å². The average molecular weight is 285 g/mol. The van der Waals surface area contributed by atoms with Gasteiger partial charge in [0.25, 0.3) is 0 Å². The monoisotopic (exact) mass is 285 g/mol. The molecule has 3 aromatic rings. The summed E-state index contributed by atoms with van der Waals surface area (Å²) in [7, 11) is 0. The zero-order valence-corrected chi connectivity index (χ0v) is 12.0. The van der Waals surface area contributed by atoms with Gasteiger partial charge in [0, 0.05) is 17.7 Å². The largest absolute Gasteiger partial charge is 0.461 e. The third-order valence-corrected chi connectivity index (χ3v) is 3.56. The summed E-state index contributed by atoms with van der Waals surface area (Å²) in [6.07, 6.45) is 3.72. The molecule has 0 unspecified atom stereocenters. The molecule has 20 heavy (non-hydrogen) atoms. The molecular weight excluding hydrogens is 270 g/mol. The van der Waals surface area contributed by atoms with Crippen molar-refractivity contribution in [2.75, 3.05) is 23.9 Å². The van der Waals surface area contributed by atoms with Crippen LogP contribution < -0.4 is 5.32 Å². The van der Waals surface area contributed by atoms with Gasteiger partial charge in [0.1, 0.15) is 5.82 Å². The lowest BCUT2D eigenvalue weighted by atomic mass is 10.2. The summed E-state index contributed by atoms with van der Waals surface area (Å²) in [6.45, 7) is 0.875. The molecule has 2 heterocycles. The highest BCUT2D eigenvalue weighted by Gasteiger charge is 2.10. The fraction of sp³-hybridized carbons (Fsp3) is 0.200. The van der Waals surface area contributed by atoms with E-state index in [1.807, 2.05) is 36.4 Å². The zero-order valence-electron chi connectivity index (χ0n) is 11.2.